The van der Waals surface area contributed by atoms with Crippen LogP contribution in [0.4, 0.5) is 0 Å². The molecule has 1 aliphatic heterocycles. The average Bonchev–Trinajstić information content (AvgIpc) is 3.54. The molecule has 11 nitrogen and oxygen atoms in total. The van der Waals surface area contributed by atoms with E-state index in [0.717, 1.165) is 37.7 Å². The zero-order chi connectivity index (χ0) is 34.7. The van der Waals surface area contributed by atoms with Gasteiger partial charge >= 0.3 is 0 Å². The molecule has 0 bridgehead atoms. The quantitative estimate of drug-likeness (QED) is 0.183. The van der Waals surface area contributed by atoms with Gasteiger partial charge in [0.25, 0.3) is 0 Å². The first kappa shape index (κ1) is 38.4. The van der Waals surface area contributed by atoms with Crippen LogP contribution in [-0.4, -0.2) is 101 Å². The number of hydrogen-bond acceptors (Lipinski definition) is 9. The third-order valence-corrected chi connectivity index (χ3v) is 12.1. The number of rotatable bonds is 17. The Labute approximate surface area is 290 Å². The molecule has 1 aliphatic carbocycles. The average molecular weight is 706 g/mol. The van der Waals surface area contributed by atoms with Gasteiger partial charge < -0.3 is 25.7 Å². The molecule has 4 atom stereocenters. The van der Waals surface area contributed by atoms with Gasteiger partial charge in [0.1, 0.15) is 11.8 Å². The summed E-state index contributed by atoms with van der Waals surface area (Å²) < 4.78 is 28.7. The van der Waals surface area contributed by atoms with E-state index in [4.69, 9.17) is 0 Å². The maximum absolute atomic E-state index is 14.1. The van der Waals surface area contributed by atoms with Gasteiger partial charge in [0.05, 0.1) is 29.0 Å². The largest absolute Gasteiger partial charge is 0.393 e. The van der Waals surface area contributed by atoms with Crippen LogP contribution in [0.15, 0.2) is 41.2 Å². The summed E-state index contributed by atoms with van der Waals surface area (Å²) >= 11 is 1.37. The van der Waals surface area contributed by atoms with Crippen molar-refractivity contribution in [3.63, 3.8) is 0 Å². The highest BCUT2D eigenvalue weighted by molar-refractivity contribution is 7.89. The lowest BCUT2D eigenvalue weighted by atomic mass is 9.81. The molecule has 4 rings (SSSR count). The molecule has 4 N–H and O–H groups in total. The molecular weight excluding hydrogens is 651 g/mol. The Balaban J connectivity index is 1.57. The van der Waals surface area contributed by atoms with E-state index >= 15 is 0 Å². The lowest BCUT2D eigenvalue weighted by Crippen LogP contribution is -2.59. The first-order chi connectivity index (χ1) is 22.8. The summed E-state index contributed by atoms with van der Waals surface area (Å²) in [7, 11) is -1.83. The summed E-state index contributed by atoms with van der Waals surface area (Å²) in [6, 6.07) is 8.15. The van der Waals surface area contributed by atoms with Gasteiger partial charge in [0.15, 0.2) is 0 Å². The molecule has 1 saturated carbocycles. The first-order valence-corrected chi connectivity index (χ1v) is 20.0. The fourth-order valence-corrected chi connectivity index (χ4v) is 9.27. The van der Waals surface area contributed by atoms with Gasteiger partial charge in [-0.1, -0.05) is 76.3 Å². The van der Waals surface area contributed by atoms with E-state index in [1.165, 1.54) is 15.6 Å². The smallest absolute Gasteiger partial charge is 0.245 e. The zero-order valence-corrected chi connectivity index (χ0v) is 30.4. The number of aliphatic hydroxyl groups excluding tert-OH is 1. The lowest BCUT2D eigenvalue weighted by Gasteiger charge is -2.37. The summed E-state index contributed by atoms with van der Waals surface area (Å²) in [5, 5.41) is 30.3. The van der Waals surface area contributed by atoms with Crippen molar-refractivity contribution in [3.05, 3.63) is 52.5 Å². The summed E-state index contributed by atoms with van der Waals surface area (Å²) in [5.74, 6) is -2.09. The Bertz CT molecular complexity index is 1380. The summed E-state index contributed by atoms with van der Waals surface area (Å²) in [5.41, 5.74) is 1.38. The van der Waals surface area contributed by atoms with E-state index in [2.05, 4.69) is 20.5 Å². The zero-order valence-electron chi connectivity index (χ0n) is 28.7. The minimum atomic E-state index is -3.78. The SMILES string of the molecule is CC(C)CC(O)CC(O)(CC1CCCCC1)NC(=O)[C@H](Cc1cscn1)NC(=O)[C@H](Cc1ccccc1)CS(=O)(=O)N1CCN(C)CC1. The molecule has 0 radical (unpaired) electrons. The Morgan fingerprint density at radius 2 is 1.73 bits per heavy atom. The number of carbonyl (C=O) groups excluding carboxylic acids is 2. The molecule has 1 aromatic carbocycles. The van der Waals surface area contributed by atoms with E-state index in [1.807, 2.05) is 51.2 Å². The van der Waals surface area contributed by atoms with Gasteiger partial charge in [-0.05, 0) is 43.7 Å². The minimum Gasteiger partial charge on any atom is -0.393 e. The highest BCUT2D eigenvalue weighted by Gasteiger charge is 2.39. The van der Waals surface area contributed by atoms with Gasteiger partial charge in [0, 0.05) is 44.4 Å². The lowest BCUT2D eigenvalue weighted by molar-refractivity contribution is -0.138. The number of benzene rings is 1. The molecule has 1 aromatic heterocycles. The van der Waals surface area contributed by atoms with E-state index < -0.39 is 51.4 Å². The molecule has 0 spiro atoms. The number of aromatic nitrogens is 1. The van der Waals surface area contributed by atoms with Crippen molar-refractivity contribution in [2.45, 2.75) is 95.9 Å². The topological polar surface area (TPSA) is 152 Å². The van der Waals surface area contributed by atoms with Crippen LogP contribution >= 0.6 is 11.3 Å². The maximum Gasteiger partial charge on any atom is 0.245 e. The fraction of sp³-hybridized carbons (Fsp3) is 0.686. The van der Waals surface area contributed by atoms with Gasteiger partial charge in [0.2, 0.25) is 21.8 Å². The number of sulfonamides is 1. The summed E-state index contributed by atoms with van der Waals surface area (Å²) in [6.45, 7) is 5.93. The minimum absolute atomic E-state index is 0.0231. The predicted molar refractivity (Wildman–Crippen MR) is 189 cm³/mol. The number of likely N-dealkylation sites (N-methyl/N-ethyl adjacent to an activating group) is 1. The van der Waals surface area contributed by atoms with Gasteiger partial charge in [-0.3, -0.25) is 9.59 Å². The van der Waals surface area contributed by atoms with E-state index in [9.17, 15) is 28.2 Å². The Hall–Kier alpha value is -2.42. The summed E-state index contributed by atoms with van der Waals surface area (Å²) in [4.78, 5) is 34.6. The highest BCUT2D eigenvalue weighted by Crippen LogP contribution is 2.32. The second-order valence-electron chi connectivity index (χ2n) is 14.3. The number of amides is 2. The first-order valence-electron chi connectivity index (χ1n) is 17.4. The molecule has 2 unspecified atom stereocenters. The number of nitrogens with zero attached hydrogens (tertiary/aromatic N) is 3. The third-order valence-electron chi connectivity index (χ3n) is 9.52. The van der Waals surface area contributed by atoms with Crippen molar-refractivity contribution in [1.82, 2.24) is 24.8 Å². The summed E-state index contributed by atoms with van der Waals surface area (Å²) in [6.07, 6.45) is 5.35. The van der Waals surface area contributed by atoms with Crippen LogP contribution in [0.25, 0.3) is 0 Å². The number of carbonyl (C=O) groups is 2. The number of nitrogens with one attached hydrogen (secondary N) is 2. The fourth-order valence-electron chi connectivity index (χ4n) is 6.99. The van der Waals surface area contributed by atoms with Gasteiger partial charge in [-0.25, -0.2) is 13.4 Å². The number of thiazole rings is 1. The van der Waals surface area contributed by atoms with E-state index in [-0.39, 0.29) is 31.1 Å². The predicted octanol–water partition coefficient (Wildman–Crippen LogP) is 3.18. The molecule has 13 heteroatoms. The number of hydrogen-bond donors (Lipinski definition) is 4. The maximum atomic E-state index is 14.1. The van der Waals surface area contributed by atoms with Crippen LogP contribution in [0.5, 0.6) is 0 Å². The third kappa shape index (κ3) is 12.2. The molecule has 268 valence electrons. The van der Waals surface area contributed by atoms with Crippen LogP contribution < -0.4 is 10.6 Å². The van der Waals surface area contributed by atoms with Crippen LogP contribution in [0, 0.1) is 17.8 Å². The van der Waals surface area contributed by atoms with Crippen molar-refractivity contribution < 1.29 is 28.2 Å². The van der Waals surface area contributed by atoms with E-state index in [0.29, 0.717) is 44.7 Å². The molecule has 2 heterocycles. The molecule has 2 aromatic rings. The molecule has 2 amide bonds. The van der Waals surface area contributed by atoms with Crippen molar-refractivity contribution >= 4 is 33.2 Å². The van der Waals surface area contributed by atoms with Crippen molar-refractivity contribution in [2.24, 2.45) is 17.8 Å². The Morgan fingerprint density at radius 1 is 1.04 bits per heavy atom. The second-order valence-corrected chi connectivity index (χ2v) is 17.1. The molecule has 2 aliphatic rings. The number of aliphatic hydroxyl groups is 2. The standard InChI is InChI=1S/C35H55N5O6S2/c1-26(2)18-31(41)22-35(44,21-28-12-8-5-9-13-28)38-34(43)32(20-30-23-47-25-36-30)37-33(42)29(19-27-10-6-4-7-11-27)24-48(45,46)40-16-14-39(3)15-17-40/h4,6-7,10-11,23,25-26,28-29,31-32,41,44H,5,8-9,12-22,24H2,1-3H3,(H,37,42)(H,38,43)/t29-,31?,32+,35?/m1/s1. The van der Waals surface area contributed by atoms with Crippen molar-refractivity contribution in [3.8, 4) is 0 Å². The normalized spacial score (nSPS) is 20.1. The monoisotopic (exact) mass is 705 g/mol. The van der Waals surface area contributed by atoms with Gasteiger partial charge in [-0.15, -0.1) is 11.3 Å². The number of piperazine rings is 1. The van der Waals surface area contributed by atoms with Gasteiger partial charge in [-0.2, -0.15) is 4.31 Å². The van der Waals surface area contributed by atoms with E-state index in [1.54, 1.807) is 10.9 Å². The van der Waals surface area contributed by atoms with Crippen LogP contribution in [0.3, 0.4) is 0 Å². The molecule has 1 saturated heterocycles. The van der Waals surface area contributed by atoms with Crippen LogP contribution in [0.1, 0.15) is 76.5 Å². The van der Waals surface area contributed by atoms with Crippen LogP contribution in [-0.2, 0) is 32.5 Å². The van der Waals surface area contributed by atoms with Crippen molar-refractivity contribution in [2.75, 3.05) is 39.0 Å². The Kier molecular flexibility index (Phi) is 14.4. The molecule has 48 heavy (non-hydrogen) atoms. The highest BCUT2D eigenvalue weighted by atomic mass is 32.2. The second kappa shape index (κ2) is 18.0. The van der Waals surface area contributed by atoms with Crippen LogP contribution in [0.2, 0.25) is 0 Å². The molecular formula is C35H55N5O6S2. The van der Waals surface area contributed by atoms with Crippen molar-refractivity contribution in [1.29, 1.82) is 0 Å². The molecule has 2 fully saturated rings. The Morgan fingerprint density at radius 3 is 2.35 bits per heavy atom.